The molecule has 1 aromatic carbocycles. The number of hydrogen-bond acceptors (Lipinski definition) is 4. The first kappa shape index (κ1) is 16.3. The van der Waals surface area contributed by atoms with Gasteiger partial charge in [0.05, 0.1) is 23.7 Å². The van der Waals surface area contributed by atoms with Gasteiger partial charge in [-0.1, -0.05) is 6.07 Å². The fourth-order valence-corrected chi connectivity index (χ4v) is 3.96. The summed E-state index contributed by atoms with van der Waals surface area (Å²) >= 11 is 0. The Hall–Kier alpha value is -3.20. The number of carbonyl (C=O) groups excluding carboxylic acids is 2. The van der Waals surface area contributed by atoms with Crippen LogP contribution in [0.4, 0.5) is 0 Å². The summed E-state index contributed by atoms with van der Waals surface area (Å²) in [6.07, 6.45) is 4.59. The zero-order chi connectivity index (χ0) is 18.1. The van der Waals surface area contributed by atoms with Crippen LogP contribution in [-0.2, 0) is 11.3 Å². The van der Waals surface area contributed by atoms with Gasteiger partial charge in [0.25, 0.3) is 5.91 Å². The molecule has 2 aromatic rings. The van der Waals surface area contributed by atoms with Crippen molar-refractivity contribution in [3.05, 3.63) is 65.5 Å². The Kier molecular flexibility index (Phi) is 4.13. The number of nitriles is 1. The van der Waals surface area contributed by atoms with Crippen LogP contribution in [0.5, 0.6) is 0 Å². The molecule has 2 unspecified atom stereocenters. The fourth-order valence-electron chi connectivity index (χ4n) is 3.96. The Balaban J connectivity index is 1.53. The van der Waals surface area contributed by atoms with Crippen molar-refractivity contribution in [3.63, 3.8) is 0 Å². The van der Waals surface area contributed by atoms with Crippen LogP contribution in [0.2, 0.25) is 0 Å². The van der Waals surface area contributed by atoms with Gasteiger partial charge in [0, 0.05) is 37.5 Å². The minimum atomic E-state index is -0.104. The van der Waals surface area contributed by atoms with Crippen LogP contribution in [-0.4, -0.2) is 45.2 Å². The van der Waals surface area contributed by atoms with Gasteiger partial charge in [0.2, 0.25) is 5.91 Å². The molecule has 0 saturated carbocycles. The van der Waals surface area contributed by atoms with E-state index in [1.54, 1.807) is 41.6 Å². The van der Waals surface area contributed by atoms with E-state index in [2.05, 4.69) is 11.1 Å². The summed E-state index contributed by atoms with van der Waals surface area (Å²) in [5.41, 5.74) is 2.01. The Morgan fingerprint density at radius 2 is 2.04 bits per heavy atom. The lowest BCUT2D eigenvalue weighted by Crippen LogP contribution is -2.39. The van der Waals surface area contributed by atoms with E-state index < -0.39 is 0 Å². The van der Waals surface area contributed by atoms with Gasteiger partial charge in [0.1, 0.15) is 0 Å². The highest BCUT2D eigenvalue weighted by molar-refractivity contribution is 5.96. The molecule has 2 atom stereocenters. The molecule has 0 bridgehead atoms. The van der Waals surface area contributed by atoms with Gasteiger partial charge in [0.15, 0.2) is 0 Å². The van der Waals surface area contributed by atoms with Gasteiger partial charge in [-0.25, -0.2) is 0 Å². The molecule has 6 nitrogen and oxygen atoms in total. The SMILES string of the molecule is N#Cc1cccc(C(=O)N2CCC3C2CC(=O)N3Cc2ccncc2)c1. The van der Waals surface area contributed by atoms with Crippen LogP contribution >= 0.6 is 0 Å². The van der Waals surface area contributed by atoms with Gasteiger partial charge in [-0.2, -0.15) is 5.26 Å². The van der Waals surface area contributed by atoms with Gasteiger partial charge in [-0.3, -0.25) is 14.6 Å². The zero-order valence-electron chi connectivity index (χ0n) is 14.2. The Morgan fingerprint density at radius 1 is 1.23 bits per heavy atom. The standard InChI is InChI=1S/C20H18N4O2/c21-12-15-2-1-3-16(10-15)20(26)23-9-6-17-18(23)11-19(25)24(17)13-14-4-7-22-8-5-14/h1-5,7-8,10,17-18H,6,9,11,13H2. The van der Waals surface area contributed by atoms with Crippen LogP contribution in [0.1, 0.15) is 34.3 Å². The van der Waals surface area contributed by atoms with E-state index in [1.807, 2.05) is 17.0 Å². The van der Waals surface area contributed by atoms with E-state index >= 15 is 0 Å². The van der Waals surface area contributed by atoms with Crippen molar-refractivity contribution in [1.82, 2.24) is 14.8 Å². The lowest BCUT2D eigenvalue weighted by atomic mass is 10.1. The average molecular weight is 346 g/mol. The quantitative estimate of drug-likeness (QED) is 0.851. The molecule has 2 amide bonds. The third kappa shape index (κ3) is 2.82. The first-order valence-electron chi connectivity index (χ1n) is 8.67. The molecule has 1 aromatic heterocycles. The smallest absolute Gasteiger partial charge is 0.254 e. The normalized spacial score (nSPS) is 21.6. The number of fused-ring (bicyclic) bond motifs is 1. The number of amides is 2. The highest BCUT2D eigenvalue weighted by atomic mass is 16.2. The molecule has 4 rings (SSSR count). The van der Waals surface area contributed by atoms with Crippen molar-refractivity contribution in [1.29, 1.82) is 5.26 Å². The first-order valence-corrected chi connectivity index (χ1v) is 8.67. The van der Waals surface area contributed by atoms with Gasteiger partial charge in [-0.15, -0.1) is 0 Å². The van der Waals surface area contributed by atoms with Gasteiger partial charge < -0.3 is 9.80 Å². The van der Waals surface area contributed by atoms with E-state index in [4.69, 9.17) is 5.26 Å². The second kappa shape index (κ2) is 6.60. The zero-order valence-corrected chi connectivity index (χ0v) is 14.2. The summed E-state index contributed by atoms with van der Waals surface area (Å²) in [6.45, 7) is 1.18. The Morgan fingerprint density at radius 3 is 2.81 bits per heavy atom. The largest absolute Gasteiger partial charge is 0.333 e. The third-order valence-electron chi connectivity index (χ3n) is 5.22. The molecule has 0 radical (unpaired) electrons. The van der Waals surface area contributed by atoms with Crippen molar-refractivity contribution in [2.45, 2.75) is 31.5 Å². The van der Waals surface area contributed by atoms with E-state index in [-0.39, 0.29) is 23.9 Å². The van der Waals surface area contributed by atoms with Crippen LogP contribution in [0.25, 0.3) is 0 Å². The van der Waals surface area contributed by atoms with Crippen molar-refractivity contribution < 1.29 is 9.59 Å². The van der Waals surface area contributed by atoms with E-state index in [9.17, 15) is 9.59 Å². The number of benzene rings is 1. The maximum Gasteiger partial charge on any atom is 0.254 e. The number of carbonyl (C=O) groups is 2. The maximum absolute atomic E-state index is 12.9. The average Bonchev–Trinajstić information content (AvgIpc) is 3.22. The molecule has 26 heavy (non-hydrogen) atoms. The molecular formula is C20H18N4O2. The minimum Gasteiger partial charge on any atom is -0.333 e. The molecule has 2 fully saturated rings. The number of nitrogens with zero attached hydrogens (tertiary/aromatic N) is 4. The summed E-state index contributed by atoms with van der Waals surface area (Å²) in [7, 11) is 0. The summed E-state index contributed by atoms with van der Waals surface area (Å²) in [6, 6.07) is 12.6. The number of aromatic nitrogens is 1. The predicted octanol–water partition coefficient (Wildman–Crippen LogP) is 1.97. The maximum atomic E-state index is 12.9. The molecule has 2 aliphatic heterocycles. The molecule has 0 spiro atoms. The van der Waals surface area contributed by atoms with Crippen LogP contribution in [0, 0.1) is 11.3 Å². The summed E-state index contributed by atoms with van der Waals surface area (Å²) in [4.78, 5) is 33.1. The highest BCUT2D eigenvalue weighted by Gasteiger charge is 2.48. The van der Waals surface area contributed by atoms with Gasteiger partial charge in [-0.05, 0) is 42.3 Å². The van der Waals surface area contributed by atoms with Crippen LogP contribution < -0.4 is 0 Å². The van der Waals surface area contributed by atoms with Crippen LogP contribution in [0.15, 0.2) is 48.8 Å². The second-order valence-corrected chi connectivity index (χ2v) is 6.70. The van der Waals surface area contributed by atoms with Crippen LogP contribution in [0.3, 0.4) is 0 Å². The van der Waals surface area contributed by atoms with E-state index in [0.29, 0.717) is 30.6 Å². The van der Waals surface area contributed by atoms with Gasteiger partial charge >= 0.3 is 0 Å². The number of rotatable bonds is 3. The summed E-state index contributed by atoms with van der Waals surface area (Å²) in [5.74, 6) is -0.0201. The Labute approximate surface area is 151 Å². The van der Waals surface area contributed by atoms with E-state index in [0.717, 1.165) is 12.0 Å². The topological polar surface area (TPSA) is 77.3 Å². The molecule has 130 valence electrons. The molecule has 0 N–H and O–H groups in total. The molecule has 6 heteroatoms. The highest BCUT2D eigenvalue weighted by Crippen LogP contribution is 2.34. The molecule has 2 aliphatic rings. The monoisotopic (exact) mass is 346 g/mol. The predicted molar refractivity (Wildman–Crippen MR) is 93.8 cm³/mol. The lowest BCUT2D eigenvalue weighted by molar-refractivity contribution is -0.129. The second-order valence-electron chi connectivity index (χ2n) is 6.70. The minimum absolute atomic E-state index is 0.0544. The Bertz CT molecular complexity index is 890. The number of likely N-dealkylation sites (tertiary alicyclic amines) is 2. The third-order valence-corrected chi connectivity index (χ3v) is 5.22. The number of hydrogen-bond donors (Lipinski definition) is 0. The molecule has 2 saturated heterocycles. The molecule has 3 heterocycles. The number of pyridine rings is 1. The first-order chi connectivity index (χ1) is 12.7. The van der Waals surface area contributed by atoms with Crippen molar-refractivity contribution in [3.8, 4) is 6.07 Å². The van der Waals surface area contributed by atoms with Crippen molar-refractivity contribution >= 4 is 11.8 Å². The van der Waals surface area contributed by atoms with Crippen molar-refractivity contribution in [2.24, 2.45) is 0 Å². The fraction of sp³-hybridized carbons (Fsp3) is 0.300. The summed E-state index contributed by atoms with van der Waals surface area (Å²) < 4.78 is 0. The summed E-state index contributed by atoms with van der Waals surface area (Å²) in [5, 5.41) is 9.04. The van der Waals surface area contributed by atoms with Crippen molar-refractivity contribution in [2.75, 3.05) is 6.54 Å². The lowest BCUT2D eigenvalue weighted by Gasteiger charge is -2.25. The van der Waals surface area contributed by atoms with E-state index in [1.165, 1.54) is 0 Å². The molecule has 0 aliphatic carbocycles. The molecular weight excluding hydrogens is 328 g/mol.